The molecule has 2 heterocycles. The Balaban J connectivity index is 1.55. The van der Waals surface area contributed by atoms with E-state index in [0.717, 1.165) is 12.0 Å². The van der Waals surface area contributed by atoms with Crippen LogP contribution in [0.4, 0.5) is 0 Å². The van der Waals surface area contributed by atoms with Crippen molar-refractivity contribution in [2.45, 2.75) is 37.6 Å². The predicted octanol–water partition coefficient (Wildman–Crippen LogP) is 3.38. The number of hydrogen-bond donors (Lipinski definition) is 1. The van der Waals surface area contributed by atoms with Crippen LogP contribution in [0.25, 0.3) is 0 Å². The van der Waals surface area contributed by atoms with E-state index in [1.54, 1.807) is 0 Å². The molecule has 3 rings (SSSR count). The van der Waals surface area contributed by atoms with Gasteiger partial charge in [-0.2, -0.15) is 0 Å². The number of piperidine rings is 2. The van der Waals surface area contributed by atoms with E-state index < -0.39 is 0 Å². The molecule has 0 saturated carbocycles. The number of likely N-dealkylation sites (tertiary alicyclic amines) is 1. The van der Waals surface area contributed by atoms with Gasteiger partial charge in [-0.15, -0.1) is 0 Å². The first-order chi connectivity index (χ1) is 9.33. The third-order valence-corrected chi connectivity index (χ3v) is 5.19. The minimum atomic E-state index is 0.765. The zero-order valence-electron chi connectivity index (χ0n) is 11.4. The number of nitrogens with one attached hydrogen (secondary N) is 1. The van der Waals surface area contributed by atoms with Crippen molar-refractivity contribution in [1.29, 1.82) is 0 Å². The van der Waals surface area contributed by atoms with E-state index >= 15 is 0 Å². The van der Waals surface area contributed by atoms with E-state index in [1.807, 2.05) is 0 Å². The Labute approximate surface area is 124 Å². The van der Waals surface area contributed by atoms with Gasteiger partial charge in [0.25, 0.3) is 0 Å². The Kier molecular flexibility index (Phi) is 4.57. The van der Waals surface area contributed by atoms with Crippen LogP contribution in [0.15, 0.2) is 28.7 Å². The molecule has 0 aromatic heterocycles. The average molecular weight is 323 g/mol. The minimum Gasteiger partial charge on any atom is -0.315 e. The lowest BCUT2D eigenvalue weighted by molar-refractivity contribution is 0.130. The molecule has 1 aromatic carbocycles. The number of rotatable bonds is 2. The molecule has 0 bridgehead atoms. The van der Waals surface area contributed by atoms with Gasteiger partial charge in [0.15, 0.2) is 0 Å². The van der Waals surface area contributed by atoms with Gasteiger partial charge in [-0.3, -0.25) is 4.90 Å². The third kappa shape index (κ3) is 3.39. The molecule has 19 heavy (non-hydrogen) atoms. The van der Waals surface area contributed by atoms with Crippen molar-refractivity contribution in [2.24, 2.45) is 0 Å². The standard InChI is InChI=1S/C16H23BrN2/c17-15-5-3-13(4-6-15)14-7-10-19(11-8-14)16-2-1-9-18-12-16/h3-6,14,16,18H,1-2,7-12H2. The van der Waals surface area contributed by atoms with Crippen LogP contribution in [-0.4, -0.2) is 37.1 Å². The van der Waals surface area contributed by atoms with Crippen molar-refractivity contribution >= 4 is 15.9 Å². The van der Waals surface area contributed by atoms with Crippen LogP contribution < -0.4 is 5.32 Å². The summed E-state index contributed by atoms with van der Waals surface area (Å²) in [5.74, 6) is 0.765. The Morgan fingerprint density at radius 3 is 2.42 bits per heavy atom. The summed E-state index contributed by atoms with van der Waals surface area (Å²) >= 11 is 3.52. The largest absolute Gasteiger partial charge is 0.315 e. The third-order valence-electron chi connectivity index (χ3n) is 4.66. The quantitative estimate of drug-likeness (QED) is 0.898. The van der Waals surface area contributed by atoms with E-state index in [1.165, 1.54) is 61.9 Å². The molecule has 2 fully saturated rings. The van der Waals surface area contributed by atoms with Crippen LogP contribution in [0, 0.1) is 0 Å². The molecule has 0 aliphatic carbocycles. The molecule has 2 saturated heterocycles. The first kappa shape index (κ1) is 13.6. The molecule has 104 valence electrons. The van der Waals surface area contributed by atoms with Crippen LogP contribution in [0.2, 0.25) is 0 Å². The highest BCUT2D eigenvalue weighted by Crippen LogP contribution is 2.30. The molecule has 0 radical (unpaired) electrons. The molecule has 2 aliphatic heterocycles. The summed E-state index contributed by atoms with van der Waals surface area (Å²) in [7, 11) is 0. The van der Waals surface area contributed by atoms with Gasteiger partial charge in [-0.25, -0.2) is 0 Å². The molecule has 2 nitrogen and oxygen atoms in total. The maximum atomic E-state index is 3.53. The highest BCUT2D eigenvalue weighted by Gasteiger charge is 2.26. The number of hydrogen-bond acceptors (Lipinski definition) is 2. The lowest BCUT2D eigenvalue weighted by Crippen LogP contribution is -2.48. The summed E-state index contributed by atoms with van der Waals surface area (Å²) in [6.45, 7) is 4.95. The van der Waals surface area contributed by atoms with Crippen LogP contribution in [-0.2, 0) is 0 Å². The molecular weight excluding hydrogens is 300 g/mol. The fraction of sp³-hybridized carbons (Fsp3) is 0.625. The highest BCUT2D eigenvalue weighted by atomic mass is 79.9. The van der Waals surface area contributed by atoms with Crippen molar-refractivity contribution in [2.75, 3.05) is 26.2 Å². The molecule has 2 aliphatic rings. The molecule has 1 aromatic rings. The van der Waals surface area contributed by atoms with E-state index in [0.29, 0.717) is 0 Å². The summed E-state index contributed by atoms with van der Waals surface area (Å²) < 4.78 is 1.18. The zero-order chi connectivity index (χ0) is 13.1. The van der Waals surface area contributed by atoms with Gasteiger partial charge < -0.3 is 5.32 Å². The van der Waals surface area contributed by atoms with Gasteiger partial charge in [-0.05, 0) is 68.9 Å². The Morgan fingerprint density at radius 2 is 1.79 bits per heavy atom. The second-order valence-electron chi connectivity index (χ2n) is 5.86. The van der Waals surface area contributed by atoms with Gasteiger partial charge >= 0.3 is 0 Å². The van der Waals surface area contributed by atoms with Crippen molar-refractivity contribution in [1.82, 2.24) is 10.2 Å². The van der Waals surface area contributed by atoms with Gasteiger partial charge in [0, 0.05) is 17.1 Å². The smallest absolute Gasteiger partial charge is 0.0221 e. The summed E-state index contributed by atoms with van der Waals surface area (Å²) in [6, 6.07) is 9.71. The normalized spacial score (nSPS) is 26.5. The second-order valence-corrected chi connectivity index (χ2v) is 6.78. The monoisotopic (exact) mass is 322 g/mol. The molecule has 0 spiro atoms. The maximum Gasteiger partial charge on any atom is 0.0221 e. The van der Waals surface area contributed by atoms with Crippen molar-refractivity contribution < 1.29 is 0 Å². The average Bonchev–Trinajstić information content (AvgIpc) is 2.49. The molecule has 1 atom stereocenters. The van der Waals surface area contributed by atoms with Gasteiger partial charge in [0.05, 0.1) is 0 Å². The molecule has 0 amide bonds. The molecule has 1 unspecified atom stereocenters. The van der Waals surface area contributed by atoms with Crippen molar-refractivity contribution in [3.05, 3.63) is 34.3 Å². The van der Waals surface area contributed by atoms with Crippen molar-refractivity contribution in [3.63, 3.8) is 0 Å². The highest BCUT2D eigenvalue weighted by molar-refractivity contribution is 9.10. The first-order valence-electron chi connectivity index (χ1n) is 7.53. The van der Waals surface area contributed by atoms with Crippen LogP contribution in [0.3, 0.4) is 0 Å². The summed E-state index contributed by atoms with van der Waals surface area (Å²) in [6.07, 6.45) is 5.36. The first-order valence-corrected chi connectivity index (χ1v) is 8.32. The van der Waals surface area contributed by atoms with Gasteiger partial charge in [0.1, 0.15) is 0 Å². The second kappa shape index (κ2) is 6.38. The van der Waals surface area contributed by atoms with E-state index in [-0.39, 0.29) is 0 Å². The lowest BCUT2D eigenvalue weighted by Gasteiger charge is -2.39. The summed E-state index contributed by atoms with van der Waals surface area (Å²) in [5, 5.41) is 3.53. The molecule has 1 N–H and O–H groups in total. The SMILES string of the molecule is Brc1ccc(C2CCN(C3CCCNC3)CC2)cc1. The van der Waals surface area contributed by atoms with Crippen molar-refractivity contribution in [3.8, 4) is 0 Å². The number of halogens is 1. The lowest BCUT2D eigenvalue weighted by atomic mass is 9.88. The maximum absolute atomic E-state index is 3.53. The Hall–Kier alpha value is -0.380. The number of benzene rings is 1. The fourth-order valence-corrected chi connectivity index (χ4v) is 3.74. The molecular formula is C16H23BrN2. The Bertz CT molecular complexity index is 390. The Morgan fingerprint density at radius 1 is 1.05 bits per heavy atom. The van der Waals surface area contributed by atoms with Gasteiger partial charge in [0.2, 0.25) is 0 Å². The van der Waals surface area contributed by atoms with Crippen LogP contribution in [0.1, 0.15) is 37.2 Å². The summed E-state index contributed by atoms with van der Waals surface area (Å²) in [5.41, 5.74) is 1.52. The topological polar surface area (TPSA) is 15.3 Å². The van der Waals surface area contributed by atoms with Gasteiger partial charge in [-0.1, -0.05) is 28.1 Å². The van der Waals surface area contributed by atoms with Crippen LogP contribution >= 0.6 is 15.9 Å². The minimum absolute atomic E-state index is 0.765. The van der Waals surface area contributed by atoms with Crippen LogP contribution in [0.5, 0.6) is 0 Å². The van der Waals surface area contributed by atoms with E-state index in [2.05, 4.69) is 50.4 Å². The van der Waals surface area contributed by atoms with E-state index in [4.69, 9.17) is 0 Å². The number of nitrogens with zero attached hydrogens (tertiary/aromatic N) is 1. The molecule has 3 heteroatoms. The summed E-state index contributed by atoms with van der Waals surface area (Å²) in [4.78, 5) is 2.71. The zero-order valence-corrected chi connectivity index (χ0v) is 13.0. The fourth-order valence-electron chi connectivity index (χ4n) is 3.48. The van der Waals surface area contributed by atoms with E-state index in [9.17, 15) is 0 Å². The predicted molar refractivity (Wildman–Crippen MR) is 83.6 cm³/mol.